The van der Waals surface area contributed by atoms with E-state index in [2.05, 4.69) is 19.9 Å². The maximum absolute atomic E-state index is 11.1. The van der Waals surface area contributed by atoms with Crippen LogP contribution in [0.1, 0.15) is 11.4 Å². The highest BCUT2D eigenvalue weighted by atomic mass is 16.3. The number of phenols is 16. The van der Waals surface area contributed by atoms with E-state index in [-0.39, 0.29) is 46.0 Å². The van der Waals surface area contributed by atoms with Crippen molar-refractivity contribution in [2.75, 3.05) is 0 Å². The molecule has 0 saturated carbocycles. The highest BCUT2D eigenvalue weighted by Crippen LogP contribution is 2.51. The highest BCUT2D eigenvalue weighted by molar-refractivity contribution is 6.24. The molecule has 12 aromatic carbocycles. The Kier molecular flexibility index (Phi) is 4.74. The second kappa shape index (κ2) is 9.09. The van der Waals surface area contributed by atoms with Crippen molar-refractivity contribution in [1.82, 2.24) is 19.9 Å². The molecule has 1 aliphatic rings. The minimum Gasteiger partial charge on any atom is -0.504 e. The van der Waals surface area contributed by atoms with Crippen LogP contribution in [0.25, 0.3) is 98.3 Å². The number of rotatable bonds is 0. The zero-order valence-electron chi connectivity index (χ0n) is 28.2. The number of hydrogen-bond acceptors (Lipinski definition) is 10. The van der Waals surface area contributed by atoms with Crippen LogP contribution in [-0.4, -0.2) is 60.8 Å². The molecule has 268 valence electrons. The lowest BCUT2D eigenvalue weighted by Crippen LogP contribution is -2.11. The maximum Gasteiger partial charge on any atom is 0.166 e. The molecule has 56 heavy (non-hydrogen) atoms. The first-order chi connectivity index (χ1) is 27.1. The van der Waals surface area contributed by atoms with E-state index in [0.29, 0.717) is 131 Å². The molecule has 0 amide bonds. The Labute approximate surface area is 307 Å². The first-order valence-corrected chi connectivity index (χ1v) is 17.5. The number of nitrogens with one attached hydrogen (secondary N) is 4. The molecule has 16 aromatic rings. The van der Waals surface area contributed by atoms with Gasteiger partial charge in [-0.3, -0.25) is 0 Å². The molecule has 0 spiro atoms. The molecule has 17 rings (SSSR count). The van der Waals surface area contributed by atoms with Crippen molar-refractivity contribution in [2.45, 2.75) is 0 Å². The first kappa shape index (κ1) is 29.2. The van der Waals surface area contributed by atoms with Crippen molar-refractivity contribution >= 4 is 110 Å². The Bertz CT molecular complexity index is 3530. The quantitative estimate of drug-likeness (QED) is 0.0884. The summed E-state index contributed by atoms with van der Waals surface area (Å²) in [6.07, 6.45) is 3.56. The molecule has 12 N–H and O–H groups in total. The molecule has 0 saturated heterocycles. The third kappa shape index (κ3) is 3.10. The van der Waals surface area contributed by atoms with Crippen LogP contribution >= 0.6 is 0 Å². The van der Waals surface area contributed by atoms with E-state index >= 15 is 0 Å². The third-order valence-electron chi connectivity index (χ3n) is 11.8. The minimum atomic E-state index is -0.310. The number of nitrogens with zero attached hydrogens (tertiary/aromatic N) is 2. The molecule has 0 atom stereocenters. The van der Waals surface area contributed by atoms with E-state index in [1.54, 1.807) is 60.7 Å². The van der Waals surface area contributed by atoms with Gasteiger partial charge >= 0.3 is 0 Å². The normalized spacial score (nSPS) is 13.4. The number of fused-ring (bicyclic) bond motifs is 16. The summed E-state index contributed by atoms with van der Waals surface area (Å²) in [5.41, 5.74) is 1.58. The van der Waals surface area contributed by atoms with Crippen molar-refractivity contribution in [3.8, 4) is 46.0 Å². The first-order valence-electron chi connectivity index (χ1n) is 17.5. The zero-order valence-corrected chi connectivity index (χ0v) is 28.2. The lowest BCUT2D eigenvalue weighted by atomic mass is 9.97. The molecule has 0 radical (unpaired) electrons. The van der Waals surface area contributed by atoms with E-state index in [1.807, 2.05) is 0 Å². The van der Waals surface area contributed by atoms with Gasteiger partial charge in [0.05, 0.1) is 22.1 Å². The Morgan fingerprint density at radius 1 is 0.304 bits per heavy atom. The Balaban J connectivity index is 1.31. The summed E-state index contributed by atoms with van der Waals surface area (Å²) in [5.74, 6) is -1.82. The topological polar surface area (TPSA) is 250 Å². The average Bonchev–Trinajstić information content (AvgIpc) is 3.96. The van der Waals surface area contributed by atoms with Gasteiger partial charge in [-0.25, -0.2) is 9.98 Å². The number of benzene rings is 12. The van der Waals surface area contributed by atoms with Crippen LogP contribution in [0.5, 0.6) is 46.0 Å². The third-order valence-corrected chi connectivity index (χ3v) is 11.8. The number of H-pyrrole nitrogens is 4. The van der Waals surface area contributed by atoms with Gasteiger partial charge in [-0.1, -0.05) is 0 Å². The smallest absolute Gasteiger partial charge is 0.166 e. The van der Waals surface area contributed by atoms with E-state index in [1.165, 1.54) is 0 Å². The van der Waals surface area contributed by atoms with Crippen LogP contribution in [0, 0.1) is 0 Å². The van der Waals surface area contributed by atoms with Crippen LogP contribution in [0.2, 0.25) is 0 Å². The van der Waals surface area contributed by atoms with Gasteiger partial charge in [0.2, 0.25) is 0 Å². The van der Waals surface area contributed by atoms with Gasteiger partial charge in [0.1, 0.15) is 22.6 Å². The van der Waals surface area contributed by atoms with Crippen LogP contribution in [0.3, 0.4) is 0 Å². The number of aromatic hydroxyl groups is 8. The van der Waals surface area contributed by atoms with Crippen molar-refractivity contribution < 1.29 is 40.9 Å². The van der Waals surface area contributed by atoms with Crippen LogP contribution in [0.15, 0.2) is 58.5 Å². The Morgan fingerprint density at radius 3 is 0.893 bits per heavy atom. The van der Waals surface area contributed by atoms with Gasteiger partial charge in [0, 0.05) is 86.2 Å². The number of phenolic OH excluding ortho intramolecular Hbond substituents is 8. The average molecular weight is 739 g/mol. The van der Waals surface area contributed by atoms with Crippen LogP contribution in [0.4, 0.5) is 11.6 Å². The number of hydrogen-bond donors (Lipinski definition) is 12. The lowest BCUT2D eigenvalue weighted by Gasteiger charge is -2.10. The molecule has 5 heterocycles. The van der Waals surface area contributed by atoms with Crippen molar-refractivity contribution in [2.24, 2.45) is 9.98 Å². The predicted octanol–water partition coefficient (Wildman–Crippen LogP) is 5.49. The summed E-state index contributed by atoms with van der Waals surface area (Å²) in [4.78, 5) is 23.8. The second-order valence-electron chi connectivity index (χ2n) is 14.5. The molecule has 14 nitrogen and oxygen atoms in total. The summed E-state index contributed by atoms with van der Waals surface area (Å²) in [7, 11) is 0. The van der Waals surface area contributed by atoms with E-state index < -0.39 is 0 Å². The van der Waals surface area contributed by atoms with E-state index in [4.69, 9.17) is 9.98 Å². The Morgan fingerprint density at radius 2 is 0.571 bits per heavy atom. The van der Waals surface area contributed by atoms with Gasteiger partial charge < -0.3 is 60.8 Å². The molecule has 4 aromatic heterocycles. The molecule has 0 fully saturated rings. The summed E-state index contributed by atoms with van der Waals surface area (Å²) >= 11 is 0. The fraction of sp³-hybridized carbons (Fsp3) is 0. The monoisotopic (exact) mass is 738 g/mol. The summed E-state index contributed by atoms with van der Waals surface area (Å²) in [6.45, 7) is 0. The fourth-order valence-corrected chi connectivity index (χ4v) is 9.40. The van der Waals surface area contributed by atoms with Crippen molar-refractivity contribution in [3.63, 3.8) is 0 Å². The van der Waals surface area contributed by atoms with Gasteiger partial charge in [-0.15, -0.1) is 0 Å². The molecular weight excluding hydrogens is 716 g/mol. The van der Waals surface area contributed by atoms with Crippen LogP contribution < -0.4 is 21.7 Å². The second-order valence-corrected chi connectivity index (χ2v) is 14.5. The van der Waals surface area contributed by atoms with Gasteiger partial charge in [0.15, 0.2) is 46.0 Å². The van der Waals surface area contributed by atoms with Gasteiger partial charge in [-0.2, -0.15) is 0 Å². The van der Waals surface area contributed by atoms with Crippen molar-refractivity contribution in [3.05, 3.63) is 81.6 Å². The fourth-order valence-electron chi connectivity index (χ4n) is 9.40. The maximum atomic E-state index is 11.1. The highest BCUT2D eigenvalue weighted by Gasteiger charge is 2.27. The molecule has 1 aliphatic heterocycles. The zero-order chi connectivity index (χ0) is 37.8. The van der Waals surface area contributed by atoms with Crippen LogP contribution in [-0.2, 0) is 0 Å². The SMILES string of the molecule is Oc1c(O)c2ccc1c1c3[nH]c(c21)N=c1[nH]c(c2c4ccc(c(O)c4O)c12)=Cc1[nH]c(c2c4ccc(c(O)c4O)c12)N=c1[nH]c(c2c4ccc(c(O)c4O)c12)=C3. The van der Waals surface area contributed by atoms with E-state index in [9.17, 15) is 40.9 Å². The number of aromatic nitrogens is 4. The van der Waals surface area contributed by atoms with Gasteiger partial charge in [0.25, 0.3) is 0 Å². The molecule has 16 bridgehead atoms. The lowest BCUT2D eigenvalue weighted by molar-refractivity contribution is 0.412. The molecule has 0 aliphatic carbocycles. The molecular formula is C42H22N6O8. The minimum absolute atomic E-state index is 0.300. The number of aromatic amines is 4. The largest absolute Gasteiger partial charge is 0.504 e. The Hall–Kier alpha value is -8.26. The summed E-state index contributed by atoms with van der Waals surface area (Å²) < 4.78 is 0. The molecule has 0 unspecified atom stereocenters. The standard InChI is InChI=1S/C42H22N6O8/c49-31-11-1-5-15(35(31)53)27-23(11)19-9-20-24-12-2-6-16(36(54)32(12)50)28(24)41(44-20)48-42-30-18-8-4-14(34(52)38(18)56)26(30)22(46-42)10-21-25-13-3-7-17(37(55)33(13)51)29(25)40(45-21)47-39(27)43-19/h1-10,49-56H,(H2,43,45,47)(H2,44,46,48). The predicted molar refractivity (Wildman–Crippen MR) is 209 cm³/mol. The molecule has 14 heteroatoms. The van der Waals surface area contributed by atoms with E-state index in [0.717, 1.165) is 0 Å². The summed E-state index contributed by atoms with van der Waals surface area (Å²) in [6, 6.07) is 13.6. The van der Waals surface area contributed by atoms with Crippen molar-refractivity contribution in [1.29, 1.82) is 0 Å². The van der Waals surface area contributed by atoms with Gasteiger partial charge in [-0.05, 0) is 60.7 Å². The summed E-state index contributed by atoms with van der Waals surface area (Å²) in [5, 5.41) is 96.7.